The SMILES string of the molecule is CCCC(O)[C@H]1CO[C@@H]1c1ccccc1. The van der Waals surface area contributed by atoms with Crippen molar-refractivity contribution >= 4 is 0 Å². The molecule has 2 nitrogen and oxygen atoms in total. The number of hydrogen-bond acceptors (Lipinski definition) is 2. The number of hydrogen-bond donors (Lipinski definition) is 1. The molecule has 0 aliphatic carbocycles. The standard InChI is InChI=1S/C13H18O2/c1-2-6-12(14)11-9-15-13(11)10-7-4-3-5-8-10/h3-5,7-8,11-14H,2,6,9H2,1H3/t11-,12?,13-/m1/s1. The van der Waals surface area contributed by atoms with E-state index in [1.165, 1.54) is 5.56 Å². The summed E-state index contributed by atoms with van der Waals surface area (Å²) < 4.78 is 5.54. The van der Waals surface area contributed by atoms with Gasteiger partial charge in [-0.05, 0) is 12.0 Å². The lowest BCUT2D eigenvalue weighted by Crippen LogP contribution is -2.40. The second-order valence-corrected chi connectivity index (χ2v) is 4.18. The fourth-order valence-corrected chi connectivity index (χ4v) is 2.11. The molecule has 1 aromatic rings. The van der Waals surface area contributed by atoms with Crippen molar-refractivity contribution in [3.8, 4) is 0 Å². The molecule has 1 aromatic carbocycles. The first-order valence-electron chi connectivity index (χ1n) is 5.67. The molecule has 2 heteroatoms. The molecule has 1 aliphatic rings. The topological polar surface area (TPSA) is 29.5 Å². The Hall–Kier alpha value is -0.860. The Morgan fingerprint density at radius 3 is 2.67 bits per heavy atom. The molecular formula is C13H18O2. The maximum atomic E-state index is 9.92. The van der Waals surface area contributed by atoms with Gasteiger partial charge in [0.1, 0.15) is 0 Å². The Kier molecular flexibility index (Phi) is 3.39. The largest absolute Gasteiger partial charge is 0.393 e. The van der Waals surface area contributed by atoms with Crippen LogP contribution in [0.4, 0.5) is 0 Å². The molecule has 2 rings (SSSR count). The Morgan fingerprint density at radius 2 is 2.13 bits per heavy atom. The first kappa shape index (κ1) is 10.7. The van der Waals surface area contributed by atoms with Crippen LogP contribution in [-0.4, -0.2) is 17.8 Å². The lowest BCUT2D eigenvalue weighted by molar-refractivity contribution is -0.162. The van der Waals surface area contributed by atoms with Crippen molar-refractivity contribution < 1.29 is 9.84 Å². The zero-order valence-corrected chi connectivity index (χ0v) is 9.10. The van der Waals surface area contributed by atoms with Crippen LogP contribution in [0.25, 0.3) is 0 Å². The highest BCUT2D eigenvalue weighted by Gasteiger charge is 2.37. The predicted octanol–water partition coefficient (Wildman–Crippen LogP) is 2.54. The van der Waals surface area contributed by atoms with E-state index in [0.29, 0.717) is 6.61 Å². The molecule has 1 heterocycles. The van der Waals surface area contributed by atoms with Crippen molar-refractivity contribution in [1.82, 2.24) is 0 Å². The van der Waals surface area contributed by atoms with E-state index in [2.05, 4.69) is 19.1 Å². The normalized spacial score (nSPS) is 27.1. The van der Waals surface area contributed by atoms with Gasteiger partial charge < -0.3 is 9.84 Å². The summed E-state index contributed by atoms with van der Waals surface area (Å²) in [5, 5.41) is 9.92. The van der Waals surface area contributed by atoms with Gasteiger partial charge >= 0.3 is 0 Å². The summed E-state index contributed by atoms with van der Waals surface area (Å²) in [6.45, 7) is 2.79. The highest BCUT2D eigenvalue weighted by Crippen LogP contribution is 2.38. The lowest BCUT2D eigenvalue weighted by atomic mass is 9.85. The Balaban J connectivity index is 2.00. The molecule has 82 valence electrons. The van der Waals surface area contributed by atoms with Crippen molar-refractivity contribution in [3.63, 3.8) is 0 Å². The minimum absolute atomic E-state index is 0.104. The van der Waals surface area contributed by atoms with Gasteiger partial charge in [-0.3, -0.25) is 0 Å². The second-order valence-electron chi connectivity index (χ2n) is 4.18. The molecule has 0 amide bonds. The minimum Gasteiger partial charge on any atom is -0.393 e. The van der Waals surface area contributed by atoms with Gasteiger partial charge in [0.2, 0.25) is 0 Å². The zero-order chi connectivity index (χ0) is 10.7. The predicted molar refractivity (Wildman–Crippen MR) is 59.5 cm³/mol. The van der Waals surface area contributed by atoms with E-state index in [0.717, 1.165) is 12.8 Å². The molecule has 3 atom stereocenters. The van der Waals surface area contributed by atoms with E-state index in [-0.39, 0.29) is 18.1 Å². The summed E-state index contributed by atoms with van der Waals surface area (Å²) in [6, 6.07) is 10.2. The summed E-state index contributed by atoms with van der Waals surface area (Å²) in [4.78, 5) is 0. The molecule has 1 N–H and O–H groups in total. The Bertz CT molecular complexity index is 297. The van der Waals surface area contributed by atoms with Crippen LogP contribution < -0.4 is 0 Å². The van der Waals surface area contributed by atoms with E-state index in [9.17, 15) is 5.11 Å². The summed E-state index contributed by atoms with van der Waals surface area (Å²) >= 11 is 0. The molecule has 0 saturated carbocycles. The summed E-state index contributed by atoms with van der Waals surface area (Å²) in [6.07, 6.45) is 1.79. The van der Waals surface area contributed by atoms with Gasteiger partial charge in [0.15, 0.2) is 0 Å². The summed E-state index contributed by atoms with van der Waals surface area (Å²) in [5.74, 6) is 0.285. The molecule has 0 bridgehead atoms. The molecule has 1 aliphatic heterocycles. The average Bonchev–Trinajstić information content (AvgIpc) is 2.18. The fourth-order valence-electron chi connectivity index (χ4n) is 2.11. The molecule has 1 saturated heterocycles. The van der Waals surface area contributed by atoms with Crippen LogP contribution in [0, 0.1) is 5.92 Å². The molecule has 0 radical (unpaired) electrons. The van der Waals surface area contributed by atoms with Crippen molar-refractivity contribution in [2.45, 2.75) is 32.0 Å². The van der Waals surface area contributed by atoms with Crippen LogP contribution in [0.2, 0.25) is 0 Å². The number of rotatable bonds is 4. The number of aliphatic hydroxyl groups excluding tert-OH is 1. The maximum absolute atomic E-state index is 9.92. The molecular weight excluding hydrogens is 188 g/mol. The smallest absolute Gasteiger partial charge is 0.0900 e. The monoisotopic (exact) mass is 206 g/mol. The van der Waals surface area contributed by atoms with E-state index >= 15 is 0 Å². The van der Waals surface area contributed by atoms with Crippen molar-refractivity contribution in [2.24, 2.45) is 5.92 Å². The van der Waals surface area contributed by atoms with E-state index in [1.807, 2.05) is 18.2 Å². The van der Waals surface area contributed by atoms with Gasteiger partial charge in [0.05, 0.1) is 18.8 Å². The third-order valence-electron chi connectivity index (χ3n) is 3.06. The van der Waals surface area contributed by atoms with E-state index < -0.39 is 0 Å². The van der Waals surface area contributed by atoms with Gasteiger partial charge in [-0.25, -0.2) is 0 Å². The van der Waals surface area contributed by atoms with Crippen molar-refractivity contribution in [1.29, 1.82) is 0 Å². The summed E-state index contributed by atoms with van der Waals surface area (Å²) in [5.41, 5.74) is 1.18. The van der Waals surface area contributed by atoms with Crippen LogP contribution in [0.3, 0.4) is 0 Å². The number of benzene rings is 1. The first-order valence-corrected chi connectivity index (χ1v) is 5.67. The molecule has 0 aromatic heterocycles. The Labute approximate surface area is 90.9 Å². The van der Waals surface area contributed by atoms with Crippen molar-refractivity contribution in [2.75, 3.05) is 6.61 Å². The van der Waals surface area contributed by atoms with Crippen LogP contribution in [0.5, 0.6) is 0 Å². The van der Waals surface area contributed by atoms with Gasteiger partial charge in [-0.2, -0.15) is 0 Å². The minimum atomic E-state index is -0.214. The highest BCUT2D eigenvalue weighted by atomic mass is 16.5. The summed E-state index contributed by atoms with van der Waals surface area (Å²) in [7, 11) is 0. The molecule has 0 spiro atoms. The third kappa shape index (κ3) is 2.21. The lowest BCUT2D eigenvalue weighted by Gasteiger charge is -2.40. The van der Waals surface area contributed by atoms with Gasteiger partial charge in [-0.1, -0.05) is 43.7 Å². The Morgan fingerprint density at radius 1 is 1.40 bits per heavy atom. The molecule has 15 heavy (non-hydrogen) atoms. The number of ether oxygens (including phenoxy) is 1. The van der Waals surface area contributed by atoms with Gasteiger partial charge in [0, 0.05) is 5.92 Å². The number of aliphatic hydroxyl groups is 1. The zero-order valence-electron chi connectivity index (χ0n) is 9.10. The van der Waals surface area contributed by atoms with Crippen LogP contribution >= 0.6 is 0 Å². The third-order valence-corrected chi connectivity index (χ3v) is 3.06. The van der Waals surface area contributed by atoms with Crippen LogP contribution in [0.1, 0.15) is 31.4 Å². The van der Waals surface area contributed by atoms with E-state index in [1.54, 1.807) is 0 Å². The second kappa shape index (κ2) is 4.77. The van der Waals surface area contributed by atoms with Crippen molar-refractivity contribution in [3.05, 3.63) is 35.9 Å². The maximum Gasteiger partial charge on any atom is 0.0900 e. The van der Waals surface area contributed by atoms with Crippen LogP contribution in [-0.2, 0) is 4.74 Å². The fraction of sp³-hybridized carbons (Fsp3) is 0.538. The molecule has 1 fully saturated rings. The molecule has 1 unspecified atom stereocenters. The average molecular weight is 206 g/mol. The quantitative estimate of drug-likeness (QED) is 0.820. The highest BCUT2D eigenvalue weighted by molar-refractivity contribution is 5.20. The van der Waals surface area contributed by atoms with E-state index in [4.69, 9.17) is 4.74 Å². The van der Waals surface area contributed by atoms with Gasteiger partial charge in [-0.15, -0.1) is 0 Å². The van der Waals surface area contributed by atoms with Crippen LogP contribution in [0.15, 0.2) is 30.3 Å². The first-order chi connectivity index (χ1) is 7.33. The van der Waals surface area contributed by atoms with Gasteiger partial charge in [0.25, 0.3) is 0 Å².